The van der Waals surface area contributed by atoms with Crippen molar-refractivity contribution >= 4 is 27.5 Å². The zero-order valence-electron chi connectivity index (χ0n) is 10.3. The van der Waals surface area contributed by atoms with Crippen LogP contribution in [0, 0.1) is 12.7 Å². The maximum atomic E-state index is 13.0. The molecule has 1 aromatic carbocycles. The van der Waals surface area contributed by atoms with Crippen LogP contribution < -0.4 is 5.32 Å². The molecule has 1 N–H and O–H groups in total. The van der Waals surface area contributed by atoms with Crippen molar-refractivity contribution in [2.45, 2.75) is 13.3 Å². The number of nitrogens with zero attached hydrogens (tertiary/aromatic N) is 1. The molecule has 0 radical (unpaired) electrons. The summed E-state index contributed by atoms with van der Waals surface area (Å²) < 4.78 is 13.7. The highest BCUT2D eigenvalue weighted by Crippen LogP contribution is 2.17. The van der Waals surface area contributed by atoms with Crippen LogP contribution in [0.3, 0.4) is 0 Å². The fourth-order valence-electron chi connectivity index (χ4n) is 1.66. The van der Waals surface area contributed by atoms with Gasteiger partial charge in [0.2, 0.25) is 5.91 Å². The highest BCUT2D eigenvalue weighted by atomic mass is 79.9. The summed E-state index contributed by atoms with van der Waals surface area (Å²) in [5.41, 5.74) is 2.20. The standard InChI is InChI=1S/C14H12BrFN2O/c1-9-5-12(8-17-14(9)15)18-13(19)7-10-3-2-4-11(16)6-10/h2-6,8H,7H2,1H3,(H,18,19). The lowest BCUT2D eigenvalue weighted by Crippen LogP contribution is -2.14. The molecule has 0 unspecified atom stereocenters. The molecule has 2 rings (SSSR count). The lowest BCUT2D eigenvalue weighted by molar-refractivity contribution is -0.115. The van der Waals surface area contributed by atoms with E-state index in [1.165, 1.54) is 12.1 Å². The summed E-state index contributed by atoms with van der Waals surface area (Å²) in [4.78, 5) is 15.9. The highest BCUT2D eigenvalue weighted by Gasteiger charge is 2.06. The van der Waals surface area contributed by atoms with E-state index in [9.17, 15) is 9.18 Å². The number of amides is 1. The monoisotopic (exact) mass is 322 g/mol. The Morgan fingerprint density at radius 2 is 2.21 bits per heavy atom. The van der Waals surface area contributed by atoms with Gasteiger partial charge in [-0.3, -0.25) is 4.79 Å². The van der Waals surface area contributed by atoms with Gasteiger partial charge in [-0.15, -0.1) is 0 Å². The number of rotatable bonds is 3. The van der Waals surface area contributed by atoms with Crippen molar-refractivity contribution in [1.82, 2.24) is 4.98 Å². The molecular formula is C14H12BrFN2O. The number of hydrogen-bond donors (Lipinski definition) is 1. The van der Waals surface area contributed by atoms with E-state index in [1.807, 2.05) is 13.0 Å². The van der Waals surface area contributed by atoms with E-state index < -0.39 is 0 Å². The lowest BCUT2D eigenvalue weighted by atomic mass is 10.1. The SMILES string of the molecule is Cc1cc(NC(=O)Cc2cccc(F)c2)cnc1Br. The minimum atomic E-state index is -0.341. The van der Waals surface area contributed by atoms with Crippen molar-refractivity contribution in [2.75, 3.05) is 5.32 Å². The van der Waals surface area contributed by atoms with Crippen LogP contribution in [-0.2, 0) is 11.2 Å². The van der Waals surface area contributed by atoms with Crippen molar-refractivity contribution in [3.05, 3.63) is 58.1 Å². The molecule has 0 aliphatic carbocycles. The Labute approximate surface area is 119 Å². The Kier molecular flexibility index (Phi) is 4.27. The zero-order chi connectivity index (χ0) is 13.8. The largest absolute Gasteiger partial charge is 0.324 e. The van der Waals surface area contributed by atoms with Gasteiger partial charge in [0.05, 0.1) is 18.3 Å². The predicted molar refractivity (Wildman–Crippen MR) is 75.4 cm³/mol. The first-order valence-electron chi connectivity index (χ1n) is 5.71. The van der Waals surface area contributed by atoms with Crippen LogP contribution in [0.15, 0.2) is 41.1 Å². The van der Waals surface area contributed by atoms with Crippen molar-refractivity contribution in [1.29, 1.82) is 0 Å². The lowest BCUT2D eigenvalue weighted by Gasteiger charge is -2.06. The molecule has 3 nitrogen and oxygen atoms in total. The van der Waals surface area contributed by atoms with Crippen LogP contribution in [0.25, 0.3) is 0 Å². The Morgan fingerprint density at radius 1 is 1.42 bits per heavy atom. The van der Waals surface area contributed by atoms with Crippen molar-refractivity contribution in [3.8, 4) is 0 Å². The number of nitrogens with one attached hydrogen (secondary N) is 1. The van der Waals surface area contributed by atoms with Crippen LogP contribution >= 0.6 is 15.9 Å². The molecule has 0 bridgehead atoms. The minimum Gasteiger partial charge on any atom is -0.324 e. The van der Waals surface area contributed by atoms with E-state index in [2.05, 4.69) is 26.2 Å². The molecule has 5 heteroatoms. The Morgan fingerprint density at radius 3 is 2.89 bits per heavy atom. The smallest absolute Gasteiger partial charge is 0.228 e. The predicted octanol–water partition coefficient (Wildman–Crippen LogP) is 3.47. The fraction of sp³-hybridized carbons (Fsp3) is 0.143. The molecule has 98 valence electrons. The summed E-state index contributed by atoms with van der Waals surface area (Å²) in [6.45, 7) is 1.89. The third-order valence-corrected chi connectivity index (χ3v) is 3.38. The summed E-state index contributed by atoms with van der Waals surface area (Å²) in [5.74, 6) is -0.541. The van der Waals surface area contributed by atoms with Gasteiger partial charge >= 0.3 is 0 Å². The van der Waals surface area contributed by atoms with Crippen LogP contribution in [0.5, 0.6) is 0 Å². The molecular weight excluding hydrogens is 311 g/mol. The molecule has 1 aromatic heterocycles. The number of anilines is 1. The molecule has 0 aliphatic heterocycles. The molecule has 19 heavy (non-hydrogen) atoms. The number of benzene rings is 1. The van der Waals surface area contributed by atoms with Crippen molar-refractivity contribution in [2.24, 2.45) is 0 Å². The van der Waals surface area contributed by atoms with Gasteiger partial charge in [0, 0.05) is 0 Å². The maximum Gasteiger partial charge on any atom is 0.228 e. The van der Waals surface area contributed by atoms with Crippen molar-refractivity contribution in [3.63, 3.8) is 0 Å². The second-order valence-corrected chi connectivity index (χ2v) is 4.94. The second-order valence-electron chi connectivity index (χ2n) is 4.19. The van der Waals surface area contributed by atoms with Gasteiger partial charge in [0.1, 0.15) is 10.4 Å². The molecule has 0 spiro atoms. The average molecular weight is 323 g/mol. The van der Waals surface area contributed by atoms with E-state index in [1.54, 1.807) is 18.3 Å². The quantitative estimate of drug-likeness (QED) is 0.879. The molecule has 0 aliphatic rings. The van der Waals surface area contributed by atoms with Gasteiger partial charge in [0.25, 0.3) is 0 Å². The number of halogens is 2. The van der Waals surface area contributed by atoms with E-state index in [0.717, 1.165) is 10.2 Å². The van der Waals surface area contributed by atoms with E-state index in [-0.39, 0.29) is 18.1 Å². The molecule has 0 saturated heterocycles. The van der Waals surface area contributed by atoms with Gasteiger partial charge in [0.15, 0.2) is 0 Å². The second kappa shape index (κ2) is 5.93. The molecule has 0 saturated carbocycles. The van der Waals surface area contributed by atoms with Crippen LogP contribution in [0.1, 0.15) is 11.1 Å². The fourth-order valence-corrected chi connectivity index (χ4v) is 1.88. The molecule has 1 amide bonds. The summed E-state index contributed by atoms with van der Waals surface area (Å²) in [6.07, 6.45) is 1.70. The average Bonchev–Trinajstić information content (AvgIpc) is 2.34. The third-order valence-electron chi connectivity index (χ3n) is 2.55. The third kappa shape index (κ3) is 3.86. The van der Waals surface area contributed by atoms with E-state index in [4.69, 9.17) is 0 Å². The first-order chi connectivity index (χ1) is 9.04. The van der Waals surface area contributed by atoms with Gasteiger partial charge < -0.3 is 5.32 Å². The van der Waals surface area contributed by atoms with Gasteiger partial charge in [-0.05, 0) is 52.2 Å². The molecule has 0 atom stereocenters. The van der Waals surface area contributed by atoms with E-state index >= 15 is 0 Å². The van der Waals surface area contributed by atoms with Crippen LogP contribution in [0.2, 0.25) is 0 Å². The number of pyridine rings is 1. The molecule has 0 fully saturated rings. The van der Waals surface area contributed by atoms with Crippen LogP contribution in [0.4, 0.5) is 10.1 Å². The summed E-state index contributed by atoms with van der Waals surface area (Å²) in [6, 6.07) is 7.83. The first-order valence-corrected chi connectivity index (χ1v) is 6.50. The highest BCUT2D eigenvalue weighted by molar-refractivity contribution is 9.10. The Hall–Kier alpha value is -1.75. The Bertz CT molecular complexity index is 616. The number of aromatic nitrogens is 1. The normalized spacial score (nSPS) is 10.3. The van der Waals surface area contributed by atoms with Gasteiger partial charge in [-0.2, -0.15) is 0 Å². The summed E-state index contributed by atoms with van der Waals surface area (Å²) in [7, 11) is 0. The van der Waals surface area contributed by atoms with Crippen LogP contribution in [-0.4, -0.2) is 10.9 Å². The maximum absolute atomic E-state index is 13.0. The number of aryl methyl sites for hydroxylation is 1. The number of carbonyl (C=O) groups excluding carboxylic acids is 1. The minimum absolute atomic E-state index is 0.132. The molecule has 2 aromatic rings. The topological polar surface area (TPSA) is 42.0 Å². The summed E-state index contributed by atoms with van der Waals surface area (Å²) >= 11 is 3.29. The van der Waals surface area contributed by atoms with E-state index in [0.29, 0.717) is 11.3 Å². The van der Waals surface area contributed by atoms with Crippen molar-refractivity contribution < 1.29 is 9.18 Å². The molecule has 1 heterocycles. The van der Waals surface area contributed by atoms with Gasteiger partial charge in [-0.1, -0.05) is 12.1 Å². The number of carbonyl (C=O) groups is 1. The summed E-state index contributed by atoms with van der Waals surface area (Å²) in [5, 5.41) is 2.73. The van der Waals surface area contributed by atoms with Gasteiger partial charge in [-0.25, -0.2) is 9.37 Å². The number of hydrogen-bond acceptors (Lipinski definition) is 2. The first kappa shape index (κ1) is 13.7. The zero-order valence-corrected chi connectivity index (χ0v) is 11.9. The Balaban J connectivity index is 2.03.